The Hall–Kier alpha value is -5.84. The number of fused-ring (bicyclic) bond motifs is 7. The Morgan fingerprint density at radius 2 is 1.30 bits per heavy atom. The van der Waals surface area contributed by atoms with Gasteiger partial charge in [-0.2, -0.15) is 12.1 Å². The fraction of sp³-hybridized carbons (Fsp3) is 0.128. The van der Waals surface area contributed by atoms with Crippen LogP contribution in [-0.2, 0) is 26.5 Å². The summed E-state index contributed by atoms with van der Waals surface area (Å²) in [6, 6.07) is 54.2. The molecule has 4 heterocycles. The summed E-state index contributed by atoms with van der Waals surface area (Å²) in [5, 5.41) is 4.68. The van der Waals surface area contributed by atoms with Crippen LogP contribution in [0.25, 0.3) is 55.1 Å². The van der Waals surface area contributed by atoms with E-state index in [1.165, 1.54) is 33.1 Å². The number of benzene rings is 6. The van der Waals surface area contributed by atoms with Gasteiger partial charge in [0, 0.05) is 46.7 Å². The van der Waals surface area contributed by atoms with E-state index in [1.807, 2.05) is 24.4 Å². The molecule has 0 radical (unpaired) electrons. The SMILES string of the molecule is CN1CN(c2[c-]c(Oc3[c-]c4c(cc3)c3cc(-n5c6ccccc6c6ccccc65)ccc3n4-c3cc(C(C)(C)C)ccn3)ccc2)c2ccccc21.[Pt+2]. The van der Waals surface area contributed by atoms with E-state index < -0.39 is 0 Å². The molecule has 0 aliphatic carbocycles. The van der Waals surface area contributed by atoms with Gasteiger partial charge in [-0.15, -0.1) is 35.7 Å². The minimum absolute atomic E-state index is 0. The summed E-state index contributed by atoms with van der Waals surface area (Å²) >= 11 is 0. The second-order valence-electron chi connectivity index (χ2n) is 14.9. The minimum atomic E-state index is -0.0380. The standard InChI is InChI=1S/C47H37N5O.Pt/c1-47(2,3)31-24-25-48-46(26-31)52-42-23-20-33(51-40-16-7-5-14-36(40)37-15-6-8-17-41(37)51)28-39(42)38-22-21-35(29-45(38)52)53-34-13-11-12-32(27-34)50-30-49(4)43-18-9-10-19-44(43)50;/h5-26,28H,30H2,1-4H3;/q-2;+2. The molecule has 3 aromatic heterocycles. The monoisotopic (exact) mass is 882 g/mol. The Morgan fingerprint density at radius 3 is 2.06 bits per heavy atom. The van der Waals surface area contributed by atoms with Crippen molar-refractivity contribution in [1.29, 1.82) is 0 Å². The van der Waals surface area contributed by atoms with Gasteiger partial charge >= 0.3 is 21.1 Å². The Bertz CT molecular complexity index is 2830. The molecule has 9 aromatic rings. The fourth-order valence-corrected chi connectivity index (χ4v) is 7.91. The van der Waals surface area contributed by atoms with E-state index in [2.05, 4.69) is 174 Å². The van der Waals surface area contributed by atoms with Crippen LogP contribution in [0.4, 0.5) is 17.1 Å². The van der Waals surface area contributed by atoms with Crippen LogP contribution in [0.5, 0.6) is 11.5 Å². The molecular formula is C47H37N5OPt. The largest absolute Gasteiger partial charge is 2.00 e. The maximum atomic E-state index is 6.56. The summed E-state index contributed by atoms with van der Waals surface area (Å²) in [6.45, 7) is 7.45. The van der Waals surface area contributed by atoms with Crippen molar-refractivity contribution in [2.45, 2.75) is 26.2 Å². The average Bonchev–Trinajstić information content (AvgIpc) is 3.81. The first-order valence-corrected chi connectivity index (χ1v) is 18.1. The minimum Gasteiger partial charge on any atom is -0.509 e. The number of ether oxygens (including phenoxy) is 1. The van der Waals surface area contributed by atoms with Crippen LogP contribution in [0.3, 0.4) is 0 Å². The van der Waals surface area contributed by atoms with Crippen LogP contribution in [0.2, 0.25) is 0 Å². The van der Waals surface area contributed by atoms with Crippen molar-refractivity contribution in [3.63, 3.8) is 0 Å². The van der Waals surface area contributed by atoms with Crippen molar-refractivity contribution in [1.82, 2.24) is 14.1 Å². The fourth-order valence-electron chi connectivity index (χ4n) is 7.91. The van der Waals surface area contributed by atoms with Crippen LogP contribution >= 0.6 is 0 Å². The summed E-state index contributed by atoms with van der Waals surface area (Å²) in [4.78, 5) is 9.43. The van der Waals surface area contributed by atoms with Crippen LogP contribution in [0.15, 0.2) is 140 Å². The summed E-state index contributed by atoms with van der Waals surface area (Å²) in [6.07, 6.45) is 1.91. The van der Waals surface area contributed by atoms with E-state index in [4.69, 9.17) is 9.72 Å². The van der Waals surface area contributed by atoms with Gasteiger partial charge in [0.25, 0.3) is 0 Å². The van der Waals surface area contributed by atoms with Crippen LogP contribution < -0.4 is 14.5 Å². The Balaban J connectivity index is 0.00000384. The van der Waals surface area contributed by atoms with Gasteiger partial charge in [-0.3, -0.25) is 0 Å². The van der Waals surface area contributed by atoms with Gasteiger partial charge in [0.2, 0.25) is 0 Å². The molecule has 266 valence electrons. The van der Waals surface area contributed by atoms with Crippen molar-refractivity contribution < 1.29 is 25.8 Å². The number of anilines is 3. The van der Waals surface area contributed by atoms with Crippen molar-refractivity contribution >= 4 is 60.7 Å². The molecule has 0 saturated heterocycles. The van der Waals surface area contributed by atoms with Crippen LogP contribution in [0, 0.1) is 12.1 Å². The van der Waals surface area contributed by atoms with E-state index in [0.29, 0.717) is 11.5 Å². The second-order valence-corrected chi connectivity index (χ2v) is 14.9. The third kappa shape index (κ3) is 5.47. The molecule has 10 rings (SSSR count). The first kappa shape index (κ1) is 34.0. The topological polar surface area (TPSA) is 38.5 Å². The molecule has 0 amide bonds. The first-order valence-electron chi connectivity index (χ1n) is 18.1. The van der Waals surface area contributed by atoms with E-state index >= 15 is 0 Å². The number of aromatic nitrogens is 3. The maximum absolute atomic E-state index is 6.56. The molecule has 0 N–H and O–H groups in total. The number of nitrogens with zero attached hydrogens (tertiary/aromatic N) is 5. The van der Waals surface area contributed by atoms with Gasteiger partial charge < -0.3 is 23.7 Å². The summed E-state index contributed by atoms with van der Waals surface area (Å²) in [5.74, 6) is 2.10. The van der Waals surface area contributed by atoms with Gasteiger partial charge in [0.15, 0.2) is 0 Å². The van der Waals surface area contributed by atoms with Crippen LogP contribution in [-0.4, -0.2) is 27.8 Å². The molecule has 54 heavy (non-hydrogen) atoms. The molecule has 0 saturated carbocycles. The van der Waals surface area contributed by atoms with Crippen molar-refractivity contribution in [3.05, 3.63) is 157 Å². The van der Waals surface area contributed by atoms with E-state index in [0.717, 1.165) is 51.4 Å². The van der Waals surface area contributed by atoms with Gasteiger partial charge in [-0.05, 0) is 71.0 Å². The third-order valence-electron chi connectivity index (χ3n) is 10.5. The number of para-hydroxylation sites is 4. The first-order chi connectivity index (χ1) is 25.8. The van der Waals surface area contributed by atoms with Gasteiger partial charge in [-0.1, -0.05) is 80.5 Å². The van der Waals surface area contributed by atoms with Gasteiger partial charge in [0.1, 0.15) is 5.82 Å². The number of hydrogen-bond acceptors (Lipinski definition) is 4. The Labute approximate surface area is 329 Å². The zero-order valence-electron chi connectivity index (χ0n) is 30.4. The van der Waals surface area contributed by atoms with Crippen molar-refractivity contribution in [2.75, 3.05) is 23.5 Å². The molecule has 0 fully saturated rings. The maximum Gasteiger partial charge on any atom is 2.00 e. The predicted octanol–water partition coefficient (Wildman–Crippen LogP) is 11.5. The Morgan fingerprint density at radius 1 is 0.611 bits per heavy atom. The molecule has 0 atom stereocenters. The Kier molecular flexibility index (Phi) is 8.13. The average molecular weight is 883 g/mol. The number of pyridine rings is 1. The molecule has 0 unspecified atom stereocenters. The van der Waals surface area contributed by atoms with Crippen molar-refractivity contribution in [3.8, 4) is 23.0 Å². The summed E-state index contributed by atoms with van der Waals surface area (Å²) in [7, 11) is 2.11. The van der Waals surface area contributed by atoms with Gasteiger partial charge in [-0.25, -0.2) is 4.98 Å². The molecule has 0 spiro atoms. The molecule has 1 aliphatic rings. The summed E-state index contributed by atoms with van der Waals surface area (Å²) < 4.78 is 11.1. The normalized spacial score (nSPS) is 12.9. The van der Waals surface area contributed by atoms with Gasteiger partial charge in [0.05, 0.1) is 29.1 Å². The van der Waals surface area contributed by atoms with Crippen LogP contribution in [0.1, 0.15) is 26.3 Å². The zero-order valence-corrected chi connectivity index (χ0v) is 32.7. The second kappa shape index (κ2) is 12.9. The molecular weight excluding hydrogens is 846 g/mol. The van der Waals surface area contributed by atoms with Crippen molar-refractivity contribution in [2.24, 2.45) is 0 Å². The molecule has 6 aromatic carbocycles. The number of rotatable bonds is 5. The predicted molar refractivity (Wildman–Crippen MR) is 218 cm³/mol. The molecule has 1 aliphatic heterocycles. The molecule has 0 bridgehead atoms. The van der Waals surface area contributed by atoms with E-state index in [9.17, 15) is 0 Å². The smallest absolute Gasteiger partial charge is 0.509 e. The van der Waals surface area contributed by atoms with E-state index in [-0.39, 0.29) is 26.5 Å². The number of hydrogen-bond donors (Lipinski definition) is 0. The third-order valence-corrected chi connectivity index (χ3v) is 10.5. The van der Waals surface area contributed by atoms with E-state index in [1.54, 1.807) is 0 Å². The molecule has 6 nitrogen and oxygen atoms in total. The molecule has 7 heteroatoms. The summed E-state index contributed by atoms with van der Waals surface area (Å²) in [5.41, 5.74) is 9.92. The quantitative estimate of drug-likeness (QED) is 0.161. The zero-order chi connectivity index (χ0) is 35.8.